The average molecular weight is 504 g/mol. The van der Waals surface area contributed by atoms with E-state index in [4.69, 9.17) is 13.9 Å². The molecule has 37 heavy (non-hydrogen) atoms. The number of ether oxygens (including phenoxy) is 2. The Morgan fingerprint density at radius 1 is 0.892 bits per heavy atom. The molecule has 194 valence electrons. The van der Waals surface area contributed by atoms with Crippen LogP contribution in [0, 0.1) is 0 Å². The van der Waals surface area contributed by atoms with Crippen molar-refractivity contribution in [3.63, 3.8) is 0 Å². The Labute approximate surface area is 217 Å². The lowest BCUT2D eigenvalue weighted by Crippen LogP contribution is -2.29. The van der Waals surface area contributed by atoms with Gasteiger partial charge >= 0.3 is 0 Å². The molecule has 7 nitrogen and oxygen atoms in total. The van der Waals surface area contributed by atoms with Crippen molar-refractivity contribution in [2.24, 2.45) is 0 Å². The van der Waals surface area contributed by atoms with Crippen LogP contribution >= 0.6 is 0 Å². The minimum Gasteiger partial charge on any atom is -0.507 e. The molecule has 1 amide bonds. The Morgan fingerprint density at radius 2 is 1.49 bits per heavy atom. The number of furan rings is 1. The van der Waals surface area contributed by atoms with Gasteiger partial charge < -0.3 is 23.9 Å². The van der Waals surface area contributed by atoms with Gasteiger partial charge in [0.15, 0.2) is 0 Å². The van der Waals surface area contributed by atoms with E-state index in [2.05, 4.69) is 13.8 Å². The maximum atomic E-state index is 13.2. The van der Waals surface area contributed by atoms with E-state index in [0.29, 0.717) is 41.6 Å². The summed E-state index contributed by atoms with van der Waals surface area (Å²) < 4.78 is 16.9. The summed E-state index contributed by atoms with van der Waals surface area (Å²) in [4.78, 5) is 27.8. The fraction of sp³-hybridized carbons (Fsp3) is 0.333. The Kier molecular flexibility index (Phi) is 8.67. The largest absolute Gasteiger partial charge is 0.507 e. The predicted molar refractivity (Wildman–Crippen MR) is 140 cm³/mol. The zero-order chi connectivity index (χ0) is 26.2. The predicted octanol–water partition coefficient (Wildman–Crippen LogP) is 6.26. The Bertz CT molecular complexity index is 1210. The van der Waals surface area contributed by atoms with Crippen molar-refractivity contribution in [2.45, 2.75) is 52.1 Å². The van der Waals surface area contributed by atoms with E-state index >= 15 is 0 Å². The zero-order valence-electron chi connectivity index (χ0n) is 21.3. The number of carbonyl (C=O) groups excluding carboxylic acids is 2. The third kappa shape index (κ3) is 6.05. The highest BCUT2D eigenvalue weighted by Gasteiger charge is 2.46. The summed E-state index contributed by atoms with van der Waals surface area (Å²) in [5, 5.41) is 11.3. The number of amides is 1. The van der Waals surface area contributed by atoms with E-state index in [9.17, 15) is 14.7 Å². The molecular formula is C30H33NO6. The van der Waals surface area contributed by atoms with Crippen LogP contribution in [0.3, 0.4) is 0 Å². The maximum absolute atomic E-state index is 13.2. The van der Waals surface area contributed by atoms with Crippen LogP contribution in [0.5, 0.6) is 11.5 Å². The van der Waals surface area contributed by atoms with Gasteiger partial charge in [0.2, 0.25) is 0 Å². The van der Waals surface area contributed by atoms with Crippen LogP contribution in [0.1, 0.15) is 62.5 Å². The van der Waals surface area contributed by atoms with Crippen molar-refractivity contribution in [3.05, 3.63) is 89.4 Å². The highest BCUT2D eigenvalue weighted by molar-refractivity contribution is 6.46. The molecule has 7 heteroatoms. The van der Waals surface area contributed by atoms with Gasteiger partial charge in [0.1, 0.15) is 23.0 Å². The topological polar surface area (TPSA) is 89.2 Å². The first-order valence-corrected chi connectivity index (χ1v) is 12.8. The van der Waals surface area contributed by atoms with Gasteiger partial charge in [0, 0.05) is 5.56 Å². The number of benzene rings is 2. The van der Waals surface area contributed by atoms with Gasteiger partial charge in [-0.2, -0.15) is 0 Å². The Hall–Kier alpha value is -4.00. The summed E-state index contributed by atoms with van der Waals surface area (Å²) in [6.45, 7) is 5.51. The smallest absolute Gasteiger partial charge is 0.296 e. The molecule has 0 radical (unpaired) electrons. The molecule has 0 unspecified atom stereocenters. The second-order valence-electron chi connectivity index (χ2n) is 9.00. The zero-order valence-corrected chi connectivity index (χ0v) is 21.3. The van der Waals surface area contributed by atoms with E-state index in [-0.39, 0.29) is 17.9 Å². The van der Waals surface area contributed by atoms with E-state index < -0.39 is 17.7 Å². The summed E-state index contributed by atoms with van der Waals surface area (Å²) in [6.07, 6.45) is 5.48. The van der Waals surface area contributed by atoms with Crippen LogP contribution in [-0.4, -0.2) is 34.9 Å². The van der Waals surface area contributed by atoms with Gasteiger partial charge in [-0.1, -0.05) is 38.8 Å². The number of carbonyl (C=O) groups is 2. The summed E-state index contributed by atoms with van der Waals surface area (Å²) in [6, 6.07) is 16.9. The first-order valence-electron chi connectivity index (χ1n) is 12.8. The van der Waals surface area contributed by atoms with Gasteiger partial charge in [-0.05, 0) is 66.9 Å². The number of hydrogen-bond acceptors (Lipinski definition) is 6. The second-order valence-corrected chi connectivity index (χ2v) is 9.00. The third-order valence-corrected chi connectivity index (χ3v) is 6.30. The quantitative estimate of drug-likeness (QED) is 0.136. The molecule has 0 bridgehead atoms. The van der Waals surface area contributed by atoms with E-state index in [0.717, 1.165) is 25.7 Å². The fourth-order valence-corrected chi connectivity index (χ4v) is 4.24. The number of unbranched alkanes of at least 4 members (excludes halogenated alkanes) is 2. The van der Waals surface area contributed by atoms with Crippen molar-refractivity contribution in [3.8, 4) is 11.5 Å². The number of hydrogen-bond donors (Lipinski definition) is 1. The second kappa shape index (κ2) is 12.3. The minimum atomic E-state index is -0.782. The lowest BCUT2D eigenvalue weighted by atomic mass is 9.95. The summed E-state index contributed by atoms with van der Waals surface area (Å²) in [5.41, 5.74) is 1.16. The molecule has 1 fully saturated rings. The first-order chi connectivity index (χ1) is 18.0. The van der Waals surface area contributed by atoms with Gasteiger partial charge in [-0.3, -0.25) is 9.59 Å². The van der Waals surface area contributed by atoms with Crippen molar-refractivity contribution in [2.75, 3.05) is 13.2 Å². The first kappa shape index (κ1) is 26.1. The summed E-state index contributed by atoms with van der Waals surface area (Å²) in [7, 11) is 0. The molecule has 1 atom stereocenters. The van der Waals surface area contributed by atoms with Crippen LogP contribution in [-0.2, 0) is 16.1 Å². The number of ketones is 1. The molecule has 3 aromatic rings. The standard InChI is InChI=1S/C30H33NO6/c1-3-5-17-35-23-13-9-21(10-14-23)27-26(29(33)30(34)31(27)20-25-8-7-19-37-25)28(32)22-11-15-24(16-12-22)36-18-6-4-2/h7-16,19,27,32H,3-6,17-18,20H2,1-2H3/t27-/m0/s1. The number of aliphatic hydroxyl groups is 1. The summed E-state index contributed by atoms with van der Waals surface area (Å²) >= 11 is 0. The maximum Gasteiger partial charge on any atom is 0.296 e. The highest BCUT2D eigenvalue weighted by atomic mass is 16.5. The number of Topliss-reactive ketones (excluding diaryl/α,β-unsaturated/α-hetero) is 1. The molecule has 1 aromatic heterocycles. The number of nitrogens with zero attached hydrogens (tertiary/aromatic N) is 1. The van der Waals surface area contributed by atoms with E-state index in [1.54, 1.807) is 36.4 Å². The normalized spacial score (nSPS) is 16.8. The SMILES string of the molecule is CCCCOc1ccc(C(O)=C2C(=O)C(=O)N(Cc3ccco3)[C@H]2c2ccc(OCCCC)cc2)cc1. The minimum absolute atomic E-state index is 0.0378. The van der Waals surface area contributed by atoms with Crippen LogP contribution in [0.25, 0.3) is 5.76 Å². The lowest BCUT2D eigenvalue weighted by Gasteiger charge is -2.24. The van der Waals surface area contributed by atoms with Crippen molar-refractivity contribution in [1.29, 1.82) is 0 Å². The lowest BCUT2D eigenvalue weighted by molar-refractivity contribution is -0.140. The summed E-state index contributed by atoms with van der Waals surface area (Å²) in [5.74, 6) is 0.275. The Morgan fingerprint density at radius 3 is 2.03 bits per heavy atom. The van der Waals surface area contributed by atoms with E-state index in [1.807, 2.05) is 24.3 Å². The average Bonchev–Trinajstić information content (AvgIpc) is 3.52. The molecule has 2 heterocycles. The molecule has 0 saturated carbocycles. The molecular weight excluding hydrogens is 470 g/mol. The van der Waals surface area contributed by atoms with Gasteiger partial charge in [0.25, 0.3) is 11.7 Å². The molecule has 0 aliphatic carbocycles. The van der Waals surface area contributed by atoms with Gasteiger partial charge in [0.05, 0.1) is 37.6 Å². The fourth-order valence-electron chi connectivity index (χ4n) is 4.24. The molecule has 0 spiro atoms. The van der Waals surface area contributed by atoms with Crippen molar-refractivity contribution >= 4 is 17.4 Å². The van der Waals surface area contributed by atoms with Crippen molar-refractivity contribution in [1.82, 2.24) is 4.90 Å². The van der Waals surface area contributed by atoms with Gasteiger partial charge in [-0.15, -0.1) is 0 Å². The van der Waals surface area contributed by atoms with E-state index in [1.165, 1.54) is 11.2 Å². The van der Waals surface area contributed by atoms with Gasteiger partial charge in [-0.25, -0.2) is 0 Å². The van der Waals surface area contributed by atoms with Crippen LogP contribution in [0.2, 0.25) is 0 Å². The van der Waals surface area contributed by atoms with Crippen LogP contribution in [0.4, 0.5) is 0 Å². The number of likely N-dealkylation sites (tertiary alicyclic amines) is 1. The third-order valence-electron chi connectivity index (χ3n) is 6.30. The molecule has 2 aromatic carbocycles. The van der Waals surface area contributed by atoms with Crippen LogP contribution < -0.4 is 9.47 Å². The highest BCUT2D eigenvalue weighted by Crippen LogP contribution is 2.41. The van der Waals surface area contributed by atoms with Crippen LogP contribution in [0.15, 0.2) is 76.9 Å². The molecule has 1 aliphatic rings. The molecule has 1 N–H and O–H groups in total. The number of rotatable bonds is 12. The molecule has 1 aliphatic heterocycles. The van der Waals surface area contributed by atoms with Crippen molar-refractivity contribution < 1.29 is 28.6 Å². The molecule has 4 rings (SSSR count). The Balaban J connectivity index is 1.68. The monoisotopic (exact) mass is 503 g/mol. The number of aliphatic hydroxyl groups excluding tert-OH is 1. The molecule has 1 saturated heterocycles.